The van der Waals surface area contributed by atoms with Gasteiger partial charge in [-0.2, -0.15) is 0 Å². The Morgan fingerprint density at radius 3 is 2.48 bits per heavy atom. The quantitative estimate of drug-likeness (QED) is 0.624. The van der Waals surface area contributed by atoms with Crippen molar-refractivity contribution in [1.82, 2.24) is 0 Å². The molecule has 0 spiro atoms. The molecular formula is C21H28O2. The number of benzene rings is 2. The van der Waals surface area contributed by atoms with E-state index in [0.717, 1.165) is 29.7 Å². The van der Waals surface area contributed by atoms with Crippen molar-refractivity contribution in [1.29, 1.82) is 0 Å². The molecular weight excluding hydrogens is 284 g/mol. The van der Waals surface area contributed by atoms with Crippen LogP contribution in [0.4, 0.5) is 0 Å². The summed E-state index contributed by atoms with van der Waals surface area (Å²) in [6, 6.07) is 18.0. The second-order valence-corrected chi connectivity index (χ2v) is 6.39. The molecule has 0 bridgehead atoms. The minimum atomic E-state index is -0.792. The van der Waals surface area contributed by atoms with E-state index in [9.17, 15) is 5.11 Å². The van der Waals surface area contributed by atoms with Crippen molar-refractivity contribution in [3.63, 3.8) is 0 Å². The number of unbranched alkanes of at least 4 members (excludes halogenated alkanes) is 3. The maximum Gasteiger partial charge on any atom is 0.120 e. The van der Waals surface area contributed by atoms with Crippen LogP contribution in [-0.2, 0) is 12.2 Å². The molecule has 0 aliphatic carbocycles. The van der Waals surface area contributed by atoms with Gasteiger partial charge in [0.05, 0.1) is 5.60 Å². The highest BCUT2D eigenvalue weighted by Crippen LogP contribution is 2.29. The van der Waals surface area contributed by atoms with Gasteiger partial charge in [0.2, 0.25) is 0 Å². The molecule has 0 unspecified atom stereocenters. The Labute approximate surface area is 140 Å². The summed E-state index contributed by atoms with van der Waals surface area (Å²) < 4.78 is 5.86. The first-order chi connectivity index (χ1) is 11.1. The molecule has 0 fully saturated rings. The number of rotatable bonds is 9. The van der Waals surface area contributed by atoms with Crippen molar-refractivity contribution in [3.8, 4) is 5.75 Å². The first-order valence-electron chi connectivity index (χ1n) is 8.61. The van der Waals surface area contributed by atoms with E-state index in [2.05, 4.69) is 6.92 Å². The van der Waals surface area contributed by atoms with Gasteiger partial charge in [-0.05, 0) is 36.6 Å². The summed E-state index contributed by atoms with van der Waals surface area (Å²) in [6.07, 6.45) is 5.46. The predicted molar refractivity (Wildman–Crippen MR) is 95.5 cm³/mol. The maximum atomic E-state index is 10.7. The van der Waals surface area contributed by atoms with Crippen molar-refractivity contribution in [2.24, 2.45) is 0 Å². The van der Waals surface area contributed by atoms with Gasteiger partial charge in [-0.15, -0.1) is 0 Å². The summed E-state index contributed by atoms with van der Waals surface area (Å²) in [6.45, 7) is 4.64. The van der Waals surface area contributed by atoms with E-state index in [4.69, 9.17) is 4.74 Å². The zero-order valence-electron chi connectivity index (χ0n) is 14.3. The Kier molecular flexibility index (Phi) is 6.66. The van der Waals surface area contributed by atoms with E-state index < -0.39 is 5.60 Å². The lowest BCUT2D eigenvalue weighted by Crippen LogP contribution is -2.21. The van der Waals surface area contributed by atoms with Crippen LogP contribution in [0.25, 0.3) is 0 Å². The first-order valence-corrected chi connectivity index (χ1v) is 8.61. The van der Waals surface area contributed by atoms with Crippen LogP contribution in [-0.4, -0.2) is 5.11 Å². The SMILES string of the molecule is CCCCCC[C@](C)(O)c1cccc(OCc2ccccc2)c1. The van der Waals surface area contributed by atoms with Crippen LogP contribution >= 0.6 is 0 Å². The molecule has 2 nitrogen and oxygen atoms in total. The van der Waals surface area contributed by atoms with Gasteiger partial charge in [0.1, 0.15) is 12.4 Å². The Balaban J connectivity index is 1.95. The van der Waals surface area contributed by atoms with Crippen molar-refractivity contribution in [3.05, 3.63) is 65.7 Å². The maximum absolute atomic E-state index is 10.7. The summed E-state index contributed by atoms with van der Waals surface area (Å²) in [5.74, 6) is 0.806. The van der Waals surface area contributed by atoms with Crippen LogP contribution in [0.2, 0.25) is 0 Å². The zero-order chi connectivity index (χ0) is 16.5. The summed E-state index contributed by atoms with van der Waals surface area (Å²) >= 11 is 0. The van der Waals surface area contributed by atoms with Gasteiger partial charge in [-0.3, -0.25) is 0 Å². The van der Waals surface area contributed by atoms with E-state index in [1.165, 1.54) is 19.3 Å². The van der Waals surface area contributed by atoms with Crippen LogP contribution in [0.5, 0.6) is 5.75 Å². The van der Waals surface area contributed by atoms with Gasteiger partial charge in [-0.25, -0.2) is 0 Å². The summed E-state index contributed by atoms with van der Waals surface area (Å²) in [5, 5.41) is 10.7. The average Bonchev–Trinajstić information content (AvgIpc) is 2.58. The predicted octanol–water partition coefficient (Wildman–Crippen LogP) is 5.44. The first kappa shape index (κ1) is 17.6. The Morgan fingerprint density at radius 1 is 0.957 bits per heavy atom. The monoisotopic (exact) mass is 312 g/mol. The smallest absolute Gasteiger partial charge is 0.120 e. The van der Waals surface area contributed by atoms with E-state index in [1.807, 2.05) is 61.5 Å². The highest BCUT2D eigenvalue weighted by atomic mass is 16.5. The second kappa shape index (κ2) is 8.73. The van der Waals surface area contributed by atoms with Crippen molar-refractivity contribution in [2.75, 3.05) is 0 Å². The van der Waals surface area contributed by atoms with Gasteiger partial charge >= 0.3 is 0 Å². The third-order valence-electron chi connectivity index (χ3n) is 4.22. The van der Waals surface area contributed by atoms with E-state index >= 15 is 0 Å². The van der Waals surface area contributed by atoms with Gasteiger partial charge in [-0.1, -0.05) is 75.1 Å². The van der Waals surface area contributed by atoms with Crippen LogP contribution in [0, 0.1) is 0 Å². The van der Waals surface area contributed by atoms with Crippen molar-refractivity contribution < 1.29 is 9.84 Å². The number of ether oxygens (including phenoxy) is 1. The van der Waals surface area contributed by atoms with Gasteiger partial charge in [0, 0.05) is 0 Å². The van der Waals surface area contributed by atoms with E-state index in [-0.39, 0.29) is 0 Å². The molecule has 0 aromatic heterocycles. The van der Waals surface area contributed by atoms with Crippen LogP contribution < -0.4 is 4.74 Å². The lowest BCUT2D eigenvalue weighted by atomic mass is 9.90. The fourth-order valence-corrected chi connectivity index (χ4v) is 2.70. The summed E-state index contributed by atoms with van der Waals surface area (Å²) in [7, 11) is 0. The molecule has 2 aromatic carbocycles. The molecule has 0 saturated heterocycles. The molecule has 1 N–H and O–H groups in total. The highest BCUT2D eigenvalue weighted by Gasteiger charge is 2.22. The van der Waals surface area contributed by atoms with Gasteiger partial charge < -0.3 is 9.84 Å². The minimum Gasteiger partial charge on any atom is -0.489 e. The van der Waals surface area contributed by atoms with Crippen LogP contribution in [0.15, 0.2) is 54.6 Å². The molecule has 23 heavy (non-hydrogen) atoms. The molecule has 2 heteroatoms. The molecule has 0 saturated carbocycles. The third kappa shape index (κ3) is 5.72. The molecule has 0 heterocycles. The fraction of sp³-hybridized carbons (Fsp3) is 0.429. The standard InChI is InChI=1S/C21H28O2/c1-3-4-5-9-15-21(2,22)19-13-10-14-20(16-19)23-17-18-11-7-6-8-12-18/h6-8,10-14,16,22H,3-5,9,15,17H2,1-2H3/t21-/m0/s1. The van der Waals surface area contributed by atoms with Crippen molar-refractivity contribution in [2.45, 2.75) is 58.2 Å². The van der Waals surface area contributed by atoms with Gasteiger partial charge in [0.25, 0.3) is 0 Å². The third-order valence-corrected chi connectivity index (χ3v) is 4.22. The van der Waals surface area contributed by atoms with Gasteiger partial charge in [0.15, 0.2) is 0 Å². The number of hydrogen-bond acceptors (Lipinski definition) is 2. The lowest BCUT2D eigenvalue weighted by molar-refractivity contribution is 0.0445. The largest absolute Gasteiger partial charge is 0.489 e. The molecule has 0 aliphatic heterocycles. The van der Waals surface area contributed by atoms with Crippen molar-refractivity contribution >= 4 is 0 Å². The fourth-order valence-electron chi connectivity index (χ4n) is 2.70. The average molecular weight is 312 g/mol. The second-order valence-electron chi connectivity index (χ2n) is 6.39. The molecule has 0 radical (unpaired) electrons. The van der Waals surface area contributed by atoms with E-state index in [0.29, 0.717) is 6.61 Å². The molecule has 2 rings (SSSR count). The lowest BCUT2D eigenvalue weighted by Gasteiger charge is -2.24. The molecule has 2 aromatic rings. The summed E-state index contributed by atoms with van der Waals surface area (Å²) in [5.41, 5.74) is 1.28. The molecule has 0 aliphatic rings. The Hall–Kier alpha value is -1.80. The minimum absolute atomic E-state index is 0.545. The van der Waals surface area contributed by atoms with Crippen LogP contribution in [0.1, 0.15) is 57.1 Å². The Morgan fingerprint density at radius 2 is 1.74 bits per heavy atom. The summed E-state index contributed by atoms with van der Waals surface area (Å²) in [4.78, 5) is 0. The highest BCUT2D eigenvalue weighted by molar-refractivity contribution is 5.32. The van der Waals surface area contributed by atoms with Crippen LogP contribution in [0.3, 0.4) is 0 Å². The number of hydrogen-bond donors (Lipinski definition) is 1. The number of aliphatic hydroxyl groups is 1. The Bertz CT molecular complexity index is 575. The topological polar surface area (TPSA) is 29.5 Å². The molecule has 0 amide bonds. The zero-order valence-corrected chi connectivity index (χ0v) is 14.3. The van der Waals surface area contributed by atoms with E-state index in [1.54, 1.807) is 0 Å². The normalized spacial score (nSPS) is 13.5. The molecule has 124 valence electrons. The molecule has 1 atom stereocenters.